The Bertz CT molecular complexity index is 2080. The summed E-state index contributed by atoms with van der Waals surface area (Å²) < 4.78 is 48.5. The lowest BCUT2D eigenvalue weighted by molar-refractivity contribution is 0.103. The van der Waals surface area contributed by atoms with Gasteiger partial charge < -0.3 is 20.4 Å². The van der Waals surface area contributed by atoms with Gasteiger partial charge in [-0.2, -0.15) is 5.10 Å². The number of sulfonamides is 1. The highest BCUT2D eigenvalue weighted by molar-refractivity contribution is 7.92. The lowest BCUT2D eigenvalue weighted by Crippen LogP contribution is -2.38. The van der Waals surface area contributed by atoms with Gasteiger partial charge in [-0.05, 0) is 125 Å². The van der Waals surface area contributed by atoms with Gasteiger partial charge in [0.15, 0.2) is 11.6 Å². The van der Waals surface area contributed by atoms with Crippen LogP contribution in [0.3, 0.4) is 0 Å². The number of hydrogen-bond donors (Lipinski definition) is 3. The molecule has 6 rings (SSSR count). The second kappa shape index (κ2) is 13.4. The fourth-order valence-corrected chi connectivity index (χ4v) is 7.01. The number of H-pyrrole nitrogens is 1. The molecular weight excluding hydrogens is 631 g/mol. The van der Waals surface area contributed by atoms with Crippen molar-refractivity contribution in [3.8, 4) is 17.2 Å². The Morgan fingerprint density at radius 2 is 1.88 bits per heavy atom. The summed E-state index contributed by atoms with van der Waals surface area (Å²) in [7, 11) is -3.52. The van der Waals surface area contributed by atoms with E-state index in [0.29, 0.717) is 40.3 Å². The number of carbonyl (C=O) groups is 1. The molecule has 2 aromatic heterocycles. The summed E-state index contributed by atoms with van der Waals surface area (Å²) in [5, 5.41) is 5.20. The van der Waals surface area contributed by atoms with Crippen LogP contribution in [0.2, 0.25) is 0 Å². The number of ketones is 1. The monoisotopic (exact) mass is 672 g/mol. The first-order valence-electron chi connectivity index (χ1n) is 16.2. The topological polar surface area (TPSA) is 135 Å². The third-order valence-corrected chi connectivity index (χ3v) is 9.69. The molecule has 3 aromatic carbocycles. The Morgan fingerprint density at radius 3 is 2.56 bits per heavy atom. The summed E-state index contributed by atoms with van der Waals surface area (Å²) in [6.45, 7) is 8.45. The maximum absolute atomic E-state index is 14.1. The molecule has 0 amide bonds. The first kappa shape index (κ1) is 33.2. The molecule has 0 atom stereocenters. The maximum Gasteiger partial charge on any atom is 0.229 e. The van der Waals surface area contributed by atoms with E-state index < -0.39 is 15.8 Å². The van der Waals surface area contributed by atoms with Crippen LogP contribution in [0, 0.1) is 18.7 Å². The summed E-state index contributed by atoms with van der Waals surface area (Å²) in [6.07, 6.45) is 6.49. The molecule has 12 heteroatoms. The number of para-hydroxylation sites is 1. The minimum Gasteiger partial charge on any atom is -0.454 e. The smallest absolute Gasteiger partial charge is 0.229 e. The van der Waals surface area contributed by atoms with Crippen LogP contribution in [0.25, 0.3) is 16.6 Å². The number of nitrogens with two attached hydrogens (primary N) is 1. The fourth-order valence-electron chi connectivity index (χ4n) is 6.42. The lowest BCUT2D eigenvalue weighted by Gasteiger charge is -2.34. The van der Waals surface area contributed by atoms with Crippen LogP contribution in [0.4, 0.5) is 15.9 Å². The minimum absolute atomic E-state index is 0.114. The molecule has 0 radical (unpaired) electrons. The predicted molar refractivity (Wildman–Crippen MR) is 187 cm³/mol. The van der Waals surface area contributed by atoms with Crippen molar-refractivity contribution in [3.05, 3.63) is 95.1 Å². The van der Waals surface area contributed by atoms with E-state index in [1.54, 1.807) is 48.5 Å². The maximum atomic E-state index is 14.1. The summed E-state index contributed by atoms with van der Waals surface area (Å²) in [6, 6.07) is 17.4. The van der Waals surface area contributed by atoms with E-state index in [0.717, 1.165) is 61.5 Å². The van der Waals surface area contributed by atoms with Crippen molar-refractivity contribution in [2.45, 2.75) is 52.5 Å². The minimum atomic E-state index is -3.52. The zero-order valence-corrected chi connectivity index (χ0v) is 28.4. The van der Waals surface area contributed by atoms with Crippen molar-refractivity contribution in [2.24, 2.45) is 5.92 Å². The predicted octanol–water partition coefficient (Wildman–Crippen LogP) is 6.83. The Morgan fingerprint density at radius 1 is 1.12 bits per heavy atom. The highest BCUT2D eigenvalue weighted by atomic mass is 32.2. The number of ether oxygens (including phenoxy) is 1. The van der Waals surface area contributed by atoms with E-state index in [-0.39, 0.29) is 22.9 Å². The molecule has 1 saturated heterocycles. The molecule has 252 valence electrons. The normalized spacial score (nSPS) is 14.5. The van der Waals surface area contributed by atoms with Gasteiger partial charge in [-0.1, -0.05) is 12.1 Å². The van der Waals surface area contributed by atoms with Crippen LogP contribution in [-0.2, 0) is 16.4 Å². The van der Waals surface area contributed by atoms with Crippen molar-refractivity contribution in [2.75, 3.05) is 29.8 Å². The first-order chi connectivity index (χ1) is 22.9. The number of nitrogens with one attached hydrogen (secondary N) is 2. The van der Waals surface area contributed by atoms with Crippen LogP contribution in [0.1, 0.15) is 60.3 Å². The third-order valence-electron chi connectivity index (χ3n) is 9.10. The van der Waals surface area contributed by atoms with Gasteiger partial charge in [-0.15, -0.1) is 0 Å². The van der Waals surface area contributed by atoms with Gasteiger partial charge in [0.2, 0.25) is 15.8 Å². The largest absolute Gasteiger partial charge is 0.454 e. The Hall–Kier alpha value is -4.68. The highest BCUT2D eigenvalue weighted by Gasteiger charge is 2.23. The van der Waals surface area contributed by atoms with Gasteiger partial charge in [0.25, 0.3) is 0 Å². The number of piperidine rings is 1. The van der Waals surface area contributed by atoms with Crippen molar-refractivity contribution in [1.29, 1.82) is 0 Å². The second-order valence-electron chi connectivity index (χ2n) is 12.9. The van der Waals surface area contributed by atoms with Crippen LogP contribution in [0.5, 0.6) is 11.5 Å². The molecule has 1 fully saturated rings. The molecule has 0 bridgehead atoms. The fraction of sp³-hybridized carbons (Fsp3) is 0.333. The number of aryl methyl sites for hydroxylation is 2. The zero-order chi connectivity index (χ0) is 34.2. The molecule has 0 aliphatic carbocycles. The van der Waals surface area contributed by atoms with Crippen LogP contribution in [0.15, 0.2) is 66.9 Å². The number of benzene rings is 3. The van der Waals surface area contributed by atoms with E-state index in [9.17, 15) is 17.6 Å². The van der Waals surface area contributed by atoms with E-state index >= 15 is 0 Å². The second-order valence-corrected chi connectivity index (χ2v) is 14.7. The summed E-state index contributed by atoms with van der Waals surface area (Å²) in [5.41, 5.74) is 10.4. The molecule has 5 aromatic rings. The van der Waals surface area contributed by atoms with Crippen molar-refractivity contribution in [1.82, 2.24) is 19.7 Å². The summed E-state index contributed by atoms with van der Waals surface area (Å²) in [5.74, 6) is 0.484. The van der Waals surface area contributed by atoms with Crippen LogP contribution < -0.4 is 15.2 Å². The number of hydrogen-bond acceptors (Lipinski definition) is 7. The van der Waals surface area contributed by atoms with Crippen molar-refractivity contribution < 1.29 is 22.3 Å². The summed E-state index contributed by atoms with van der Waals surface area (Å²) in [4.78, 5) is 19.4. The lowest BCUT2D eigenvalue weighted by atomic mass is 9.89. The van der Waals surface area contributed by atoms with Gasteiger partial charge in [-0.25, -0.2) is 17.5 Å². The molecular formula is C36H41FN6O4S. The zero-order valence-electron chi connectivity index (χ0n) is 27.6. The Balaban J connectivity index is 1.23. The SMILES string of the molecule is Cc1cc(Oc2ccccc2F)ccc1-n1ncc(C(=O)c2cc3cc(CCC4CCN(C(C)C)CC4)c(NS(C)(=O)=O)cc3[nH]2)c1N. The summed E-state index contributed by atoms with van der Waals surface area (Å²) >= 11 is 0. The highest BCUT2D eigenvalue weighted by Crippen LogP contribution is 2.32. The Labute approximate surface area is 280 Å². The molecule has 0 unspecified atom stereocenters. The van der Waals surface area contributed by atoms with E-state index in [1.165, 1.54) is 16.9 Å². The molecule has 4 N–H and O–H groups in total. The third kappa shape index (κ3) is 7.24. The van der Waals surface area contributed by atoms with Crippen LogP contribution in [-0.4, -0.2) is 59.3 Å². The van der Waals surface area contributed by atoms with E-state index in [1.807, 2.05) is 13.0 Å². The average molecular weight is 673 g/mol. The molecule has 10 nitrogen and oxygen atoms in total. The van der Waals surface area contributed by atoms with Gasteiger partial charge in [0, 0.05) is 16.9 Å². The number of aromatic nitrogens is 3. The van der Waals surface area contributed by atoms with Gasteiger partial charge in [-0.3, -0.25) is 9.52 Å². The Kier molecular flexibility index (Phi) is 9.30. The number of rotatable bonds is 11. The number of likely N-dealkylation sites (tertiary alicyclic amines) is 1. The van der Waals surface area contributed by atoms with Crippen LogP contribution >= 0.6 is 0 Å². The number of nitrogen functional groups attached to an aromatic ring is 1. The average Bonchev–Trinajstić information content (AvgIpc) is 3.63. The van der Waals surface area contributed by atoms with E-state index in [2.05, 4.69) is 33.6 Å². The first-order valence-corrected chi connectivity index (χ1v) is 18.0. The van der Waals surface area contributed by atoms with Gasteiger partial charge >= 0.3 is 0 Å². The molecule has 0 saturated carbocycles. The molecule has 1 aliphatic rings. The molecule has 3 heterocycles. The quantitative estimate of drug-likeness (QED) is 0.131. The van der Waals surface area contributed by atoms with Crippen molar-refractivity contribution in [3.63, 3.8) is 0 Å². The molecule has 0 spiro atoms. The number of carbonyl (C=O) groups excluding carboxylic acids is 1. The number of anilines is 2. The van der Waals surface area contributed by atoms with Gasteiger partial charge in [0.1, 0.15) is 11.6 Å². The number of aromatic amines is 1. The van der Waals surface area contributed by atoms with E-state index in [4.69, 9.17) is 10.5 Å². The van der Waals surface area contributed by atoms with Crippen molar-refractivity contribution >= 4 is 38.2 Å². The van der Waals surface area contributed by atoms with Gasteiger partial charge in [0.05, 0.1) is 35.1 Å². The number of halogens is 1. The number of nitrogens with zero attached hydrogens (tertiary/aromatic N) is 3. The number of fused-ring (bicyclic) bond motifs is 1. The molecule has 48 heavy (non-hydrogen) atoms. The molecule has 1 aliphatic heterocycles. The standard InChI is InChI=1S/C36H41FN6O4S/c1-22(2)42-15-13-24(14-16-42)9-10-25-18-26-19-32(40-30(26)20-31(25)41-48(4,45)46)35(44)28-21-39-43(36(28)38)33-12-11-27(17-23(33)3)47-34-8-6-5-7-29(34)37/h5-8,11-12,17-22,24,40-41H,9-10,13-16,38H2,1-4H3.